The van der Waals surface area contributed by atoms with Gasteiger partial charge in [0.05, 0.1) is 29.5 Å². The maximum atomic E-state index is 12.9. The molecule has 0 spiro atoms. The maximum absolute atomic E-state index is 12.9. The molecule has 0 radical (unpaired) electrons. The molecule has 10 nitrogen and oxygen atoms in total. The summed E-state index contributed by atoms with van der Waals surface area (Å²) >= 11 is 0. The Labute approximate surface area is 166 Å². The molecule has 0 unspecified atom stereocenters. The number of carbonyl (C=O) groups excluding carboxylic acids is 2. The van der Waals surface area contributed by atoms with E-state index in [1.165, 1.54) is 10.9 Å². The number of benzene rings is 1. The lowest BCUT2D eigenvalue weighted by Gasteiger charge is -2.10. The molecule has 0 saturated carbocycles. The van der Waals surface area contributed by atoms with Crippen molar-refractivity contribution in [2.24, 2.45) is 7.05 Å². The van der Waals surface area contributed by atoms with Gasteiger partial charge in [-0.3, -0.25) is 19.0 Å². The van der Waals surface area contributed by atoms with Gasteiger partial charge in [-0.15, -0.1) is 0 Å². The predicted octanol–water partition coefficient (Wildman–Crippen LogP) is 2.18. The van der Waals surface area contributed by atoms with E-state index in [-0.39, 0.29) is 24.3 Å². The van der Waals surface area contributed by atoms with Crippen LogP contribution in [0.5, 0.6) is 11.5 Å². The van der Waals surface area contributed by atoms with Crippen LogP contribution in [0.25, 0.3) is 0 Å². The fourth-order valence-electron chi connectivity index (χ4n) is 2.99. The summed E-state index contributed by atoms with van der Waals surface area (Å²) in [6.45, 7) is 4.31. The molecule has 3 aromatic rings. The first-order valence-corrected chi connectivity index (χ1v) is 9.04. The van der Waals surface area contributed by atoms with Crippen molar-refractivity contribution in [3.8, 4) is 11.5 Å². The van der Waals surface area contributed by atoms with Gasteiger partial charge in [0.25, 0.3) is 11.8 Å². The normalized spacial score (nSPS) is 12.1. The second kappa shape index (κ2) is 7.30. The number of hydrogen-bond acceptors (Lipinski definition) is 6. The standard InChI is InChI=1S/C19H20N6O4/c1-4-25-17(19(27)22-13-8-20-24(3)11(13)2)14(9-21-25)23-18(26)12-5-6-15-16(7-12)29-10-28-15/h5-9H,4,10H2,1-3H3,(H,22,27)(H,23,26). The molecule has 10 heteroatoms. The summed E-state index contributed by atoms with van der Waals surface area (Å²) in [5.41, 5.74) is 2.35. The topological polar surface area (TPSA) is 112 Å². The Morgan fingerprint density at radius 3 is 2.52 bits per heavy atom. The smallest absolute Gasteiger partial charge is 0.276 e. The van der Waals surface area contributed by atoms with Gasteiger partial charge in [-0.25, -0.2) is 0 Å². The van der Waals surface area contributed by atoms with Crippen molar-refractivity contribution in [3.63, 3.8) is 0 Å². The molecule has 0 saturated heterocycles. The molecule has 29 heavy (non-hydrogen) atoms. The minimum atomic E-state index is -0.388. The second-order valence-electron chi connectivity index (χ2n) is 6.47. The Hall–Kier alpha value is -3.82. The van der Waals surface area contributed by atoms with Crippen LogP contribution in [0.4, 0.5) is 11.4 Å². The summed E-state index contributed by atoms with van der Waals surface area (Å²) in [4.78, 5) is 25.6. The lowest BCUT2D eigenvalue weighted by molar-refractivity contribution is 0.101. The van der Waals surface area contributed by atoms with Crippen molar-refractivity contribution in [1.29, 1.82) is 0 Å². The van der Waals surface area contributed by atoms with Crippen molar-refractivity contribution in [1.82, 2.24) is 19.6 Å². The van der Waals surface area contributed by atoms with E-state index < -0.39 is 0 Å². The zero-order valence-corrected chi connectivity index (χ0v) is 16.2. The number of fused-ring (bicyclic) bond motifs is 1. The van der Waals surface area contributed by atoms with Crippen LogP contribution < -0.4 is 20.1 Å². The number of rotatable bonds is 5. The van der Waals surface area contributed by atoms with Gasteiger partial charge < -0.3 is 20.1 Å². The quantitative estimate of drug-likeness (QED) is 0.684. The highest BCUT2D eigenvalue weighted by Crippen LogP contribution is 2.32. The summed E-state index contributed by atoms with van der Waals surface area (Å²) in [6.07, 6.45) is 3.03. The SMILES string of the molecule is CCn1ncc(NC(=O)c2ccc3c(c2)OCO3)c1C(=O)Nc1cnn(C)c1C. The molecule has 1 aliphatic rings. The van der Waals surface area contributed by atoms with Crippen molar-refractivity contribution < 1.29 is 19.1 Å². The molecule has 0 bridgehead atoms. The van der Waals surface area contributed by atoms with Crippen molar-refractivity contribution in [2.45, 2.75) is 20.4 Å². The fourth-order valence-corrected chi connectivity index (χ4v) is 2.99. The average Bonchev–Trinajstić information content (AvgIpc) is 3.42. The summed E-state index contributed by atoms with van der Waals surface area (Å²) < 4.78 is 13.8. The Morgan fingerprint density at radius 1 is 1.07 bits per heavy atom. The minimum Gasteiger partial charge on any atom is -0.454 e. The first kappa shape index (κ1) is 18.5. The van der Waals surface area contributed by atoms with Crippen molar-refractivity contribution in [2.75, 3.05) is 17.4 Å². The number of aryl methyl sites for hydroxylation is 2. The highest BCUT2D eigenvalue weighted by Gasteiger charge is 2.22. The third-order valence-corrected chi connectivity index (χ3v) is 4.72. The van der Waals surface area contributed by atoms with Crippen molar-refractivity contribution in [3.05, 3.63) is 47.5 Å². The number of amides is 2. The average molecular weight is 396 g/mol. The molecule has 1 aliphatic heterocycles. The number of nitrogens with zero attached hydrogens (tertiary/aromatic N) is 4. The summed E-state index contributed by atoms with van der Waals surface area (Å²) in [6, 6.07) is 4.90. The van der Waals surface area contributed by atoms with Gasteiger partial charge in [-0.05, 0) is 32.0 Å². The molecule has 2 N–H and O–H groups in total. The first-order valence-electron chi connectivity index (χ1n) is 9.04. The third kappa shape index (κ3) is 3.40. The van der Waals surface area contributed by atoms with Crippen LogP contribution in [0.3, 0.4) is 0 Å². The van der Waals surface area contributed by atoms with E-state index in [1.807, 2.05) is 13.8 Å². The van der Waals surface area contributed by atoms with Crippen LogP contribution in [0, 0.1) is 6.92 Å². The number of hydrogen-bond donors (Lipinski definition) is 2. The number of aromatic nitrogens is 4. The van der Waals surface area contributed by atoms with Gasteiger partial charge in [-0.2, -0.15) is 10.2 Å². The summed E-state index contributed by atoms with van der Waals surface area (Å²) in [5.74, 6) is 0.325. The van der Waals surface area contributed by atoms with Gasteiger partial charge in [-0.1, -0.05) is 0 Å². The zero-order valence-electron chi connectivity index (χ0n) is 16.2. The lowest BCUT2D eigenvalue weighted by Crippen LogP contribution is -2.21. The van der Waals surface area contributed by atoms with Gasteiger partial charge in [0.1, 0.15) is 5.69 Å². The number of nitrogens with one attached hydrogen (secondary N) is 2. The molecule has 1 aromatic carbocycles. The Balaban J connectivity index is 1.58. The van der Waals surface area contributed by atoms with Gasteiger partial charge >= 0.3 is 0 Å². The summed E-state index contributed by atoms with van der Waals surface area (Å²) in [7, 11) is 1.79. The van der Waals surface area contributed by atoms with E-state index >= 15 is 0 Å². The molecule has 2 amide bonds. The zero-order chi connectivity index (χ0) is 20.5. The molecule has 0 aliphatic carbocycles. The van der Waals surface area contributed by atoms with Gasteiger partial charge in [0.2, 0.25) is 6.79 Å². The molecular weight excluding hydrogens is 376 g/mol. The number of ether oxygens (including phenoxy) is 2. The van der Waals surface area contributed by atoms with E-state index in [0.29, 0.717) is 35.0 Å². The molecule has 0 fully saturated rings. The van der Waals surface area contributed by atoms with E-state index in [0.717, 1.165) is 5.69 Å². The monoisotopic (exact) mass is 396 g/mol. The van der Waals surface area contributed by atoms with Gasteiger partial charge in [0, 0.05) is 19.2 Å². The van der Waals surface area contributed by atoms with Gasteiger partial charge in [0.15, 0.2) is 11.5 Å². The number of carbonyl (C=O) groups is 2. The van der Waals surface area contributed by atoms with Crippen LogP contribution >= 0.6 is 0 Å². The highest BCUT2D eigenvalue weighted by atomic mass is 16.7. The van der Waals surface area contributed by atoms with Crippen LogP contribution in [0.15, 0.2) is 30.6 Å². The van der Waals surface area contributed by atoms with E-state index in [4.69, 9.17) is 9.47 Å². The van der Waals surface area contributed by atoms with Crippen LogP contribution in [-0.4, -0.2) is 38.2 Å². The predicted molar refractivity (Wildman–Crippen MR) is 104 cm³/mol. The summed E-state index contributed by atoms with van der Waals surface area (Å²) in [5, 5.41) is 13.9. The van der Waals surface area contributed by atoms with Crippen molar-refractivity contribution >= 4 is 23.2 Å². The maximum Gasteiger partial charge on any atom is 0.276 e. The first-order chi connectivity index (χ1) is 14.0. The minimum absolute atomic E-state index is 0.127. The Morgan fingerprint density at radius 2 is 1.79 bits per heavy atom. The lowest BCUT2D eigenvalue weighted by atomic mass is 10.2. The van der Waals surface area contributed by atoms with E-state index in [2.05, 4.69) is 20.8 Å². The largest absolute Gasteiger partial charge is 0.454 e. The molecule has 4 rings (SSSR count). The third-order valence-electron chi connectivity index (χ3n) is 4.72. The highest BCUT2D eigenvalue weighted by molar-refractivity contribution is 6.11. The Kier molecular flexibility index (Phi) is 4.67. The van der Waals surface area contributed by atoms with E-state index in [9.17, 15) is 9.59 Å². The second-order valence-corrected chi connectivity index (χ2v) is 6.47. The number of anilines is 2. The fraction of sp³-hybridized carbons (Fsp3) is 0.263. The molecule has 2 aromatic heterocycles. The molecular formula is C19H20N6O4. The van der Waals surface area contributed by atoms with Crippen LogP contribution in [0.1, 0.15) is 33.5 Å². The molecule has 0 atom stereocenters. The molecule has 3 heterocycles. The van der Waals surface area contributed by atoms with E-state index in [1.54, 1.807) is 36.1 Å². The Bertz CT molecular complexity index is 1100. The van der Waals surface area contributed by atoms with Crippen LogP contribution in [-0.2, 0) is 13.6 Å². The van der Waals surface area contributed by atoms with Crippen LogP contribution in [0.2, 0.25) is 0 Å². The molecule has 150 valence electrons.